The number of nitriles is 1. The Balaban J connectivity index is 0.00000147. The highest BCUT2D eigenvalue weighted by atomic mass is 35.5. The molecule has 1 saturated heterocycles. The van der Waals surface area contributed by atoms with E-state index in [1.54, 1.807) is 0 Å². The Labute approximate surface area is 124 Å². The van der Waals surface area contributed by atoms with Crippen molar-refractivity contribution >= 4 is 12.4 Å². The zero-order chi connectivity index (χ0) is 13.1. The molecule has 4 nitrogen and oxygen atoms in total. The maximum Gasteiger partial charge on any atom is 0.101 e. The van der Waals surface area contributed by atoms with E-state index >= 15 is 0 Å². The van der Waals surface area contributed by atoms with Gasteiger partial charge in [0.05, 0.1) is 11.3 Å². The van der Waals surface area contributed by atoms with Crippen molar-refractivity contribution in [2.45, 2.75) is 18.8 Å². The lowest BCUT2D eigenvalue weighted by molar-refractivity contribution is 0.446. The van der Waals surface area contributed by atoms with Gasteiger partial charge in [-0.05, 0) is 44.1 Å². The highest BCUT2D eigenvalue weighted by Crippen LogP contribution is 2.27. The number of para-hydroxylation sites is 1. The number of hydrogen-bond acceptors (Lipinski definition) is 3. The number of aromatic nitrogens is 2. The average Bonchev–Trinajstić information content (AvgIpc) is 2.97. The van der Waals surface area contributed by atoms with Gasteiger partial charge in [0, 0.05) is 17.8 Å². The van der Waals surface area contributed by atoms with Crippen LogP contribution in [0.2, 0.25) is 0 Å². The van der Waals surface area contributed by atoms with Crippen LogP contribution < -0.4 is 5.32 Å². The molecule has 0 spiro atoms. The number of piperidine rings is 1. The fraction of sp³-hybridized carbons (Fsp3) is 0.333. The quantitative estimate of drug-likeness (QED) is 0.924. The van der Waals surface area contributed by atoms with Gasteiger partial charge in [-0.1, -0.05) is 12.1 Å². The van der Waals surface area contributed by atoms with Crippen LogP contribution in [0.4, 0.5) is 0 Å². The number of nitrogens with one attached hydrogen (secondary N) is 1. The van der Waals surface area contributed by atoms with Crippen molar-refractivity contribution in [3.05, 3.63) is 47.8 Å². The molecule has 1 aromatic carbocycles. The summed E-state index contributed by atoms with van der Waals surface area (Å²) in [6.07, 6.45) is 4.08. The molecule has 0 atom stereocenters. The lowest BCUT2D eigenvalue weighted by Gasteiger charge is -2.23. The molecule has 0 radical (unpaired) electrons. The first-order chi connectivity index (χ1) is 9.40. The van der Waals surface area contributed by atoms with E-state index in [2.05, 4.69) is 22.6 Å². The van der Waals surface area contributed by atoms with E-state index in [9.17, 15) is 5.26 Å². The van der Waals surface area contributed by atoms with Gasteiger partial charge in [-0.25, -0.2) is 4.68 Å². The minimum Gasteiger partial charge on any atom is -0.317 e. The van der Waals surface area contributed by atoms with Crippen molar-refractivity contribution in [1.29, 1.82) is 5.26 Å². The molecule has 0 unspecified atom stereocenters. The molecule has 1 fully saturated rings. The van der Waals surface area contributed by atoms with Gasteiger partial charge < -0.3 is 5.32 Å². The standard InChI is InChI=1S/C15H16N4.ClH/c16-11-13-3-1-2-4-14(13)19-15(7-10-18-19)12-5-8-17-9-6-12;/h1-4,7,10,12,17H,5-6,8-9H2;1H. The summed E-state index contributed by atoms with van der Waals surface area (Å²) in [6.45, 7) is 2.10. The highest BCUT2D eigenvalue weighted by Gasteiger charge is 2.20. The third-order valence-corrected chi connectivity index (χ3v) is 3.68. The molecule has 3 rings (SSSR count). The summed E-state index contributed by atoms with van der Waals surface area (Å²) in [6, 6.07) is 11.9. The van der Waals surface area contributed by atoms with E-state index < -0.39 is 0 Å². The van der Waals surface area contributed by atoms with E-state index in [0.29, 0.717) is 11.5 Å². The van der Waals surface area contributed by atoms with Crippen molar-refractivity contribution in [3.8, 4) is 11.8 Å². The van der Waals surface area contributed by atoms with Gasteiger partial charge in [-0.2, -0.15) is 10.4 Å². The van der Waals surface area contributed by atoms with E-state index in [-0.39, 0.29) is 12.4 Å². The van der Waals surface area contributed by atoms with Crippen LogP contribution in [0.25, 0.3) is 5.69 Å². The monoisotopic (exact) mass is 288 g/mol. The third kappa shape index (κ3) is 2.69. The molecular formula is C15H17ClN4. The summed E-state index contributed by atoms with van der Waals surface area (Å²) in [4.78, 5) is 0. The SMILES string of the molecule is Cl.N#Cc1ccccc1-n1nccc1C1CCNCC1. The fourth-order valence-electron chi connectivity index (χ4n) is 2.69. The number of hydrogen-bond donors (Lipinski definition) is 1. The Kier molecular flexibility index (Phi) is 4.78. The molecule has 1 aromatic heterocycles. The Morgan fingerprint density at radius 1 is 1.20 bits per heavy atom. The van der Waals surface area contributed by atoms with Crippen LogP contribution in [-0.4, -0.2) is 22.9 Å². The Hall–Kier alpha value is -1.83. The first-order valence-electron chi connectivity index (χ1n) is 6.64. The van der Waals surface area contributed by atoms with E-state index in [1.807, 2.05) is 35.1 Å². The fourth-order valence-corrected chi connectivity index (χ4v) is 2.69. The van der Waals surface area contributed by atoms with Crippen LogP contribution in [0, 0.1) is 11.3 Å². The molecule has 2 heterocycles. The molecule has 20 heavy (non-hydrogen) atoms. The molecule has 2 aromatic rings. The van der Waals surface area contributed by atoms with Crippen molar-refractivity contribution < 1.29 is 0 Å². The molecule has 104 valence electrons. The Morgan fingerprint density at radius 2 is 1.95 bits per heavy atom. The van der Waals surface area contributed by atoms with Crippen molar-refractivity contribution in [2.24, 2.45) is 0 Å². The van der Waals surface area contributed by atoms with Crippen LogP contribution in [-0.2, 0) is 0 Å². The van der Waals surface area contributed by atoms with Crippen LogP contribution in [0.5, 0.6) is 0 Å². The second kappa shape index (κ2) is 6.56. The minimum absolute atomic E-state index is 0. The van der Waals surface area contributed by atoms with Crippen molar-refractivity contribution in [3.63, 3.8) is 0 Å². The van der Waals surface area contributed by atoms with Gasteiger partial charge in [0.15, 0.2) is 0 Å². The largest absolute Gasteiger partial charge is 0.317 e. The number of nitrogens with zero attached hydrogens (tertiary/aromatic N) is 3. The minimum atomic E-state index is 0. The van der Waals surface area contributed by atoms with Gasteiger partial charge >= 0.3 is 0 Å². The van der Waals surface area contributed by atoms with E-state index in [1.165, 1.54) is 5.69 Å². The van der Waals surface area contributed by atoms with Gasteiger partial charge in [-0.15, -0.1) is 12.4 Å². The second-order valence-corrected chi connectivity index (χ2v) is 4.82. The zero-order valence-electron chi connectivity index (χ0n) is 11.1. The number of rotatable bonds is 2. The number of benzene rings is 1. The molecule has 1 aliphatic heterocycles. The predicted molar refractivity (Wildman–Crippen MR) is 80.4 cm³/mol. The molecule has 1 N–H and O–H groups in total. The van der Waals surface area contributed by atoms with Crippen LogP contribution in [0.15, 0.2) is 36.5 Å². The summed E-state index contributed by atoms with van der Waals surface area (Å²) in [7, 11) is 0. The van der Waals surface area contributed by atoms with Crippen LogP contribution >= 0.6 is 12.4 Å². The average molecular weight is 289 g/mol. The first-order valence-corrected chi connectivity index (χ1v) is 6.64. The highest BCUT2D eigenvalue weighted by molar-refractivity contribution is 5.85. The molecule has 5 heteroatoms. The number of halogens is 1. The normalized spacial score (nSPS) is 15.3. The molecule has 0 amide bonds. The predicted octanol–water partition coefficient (Wildman–Crippen LogP) is 2.63. The summed E-state index contributed by atoms with van der Waals surface area (Å²) in [5.41, 5.74) is 2.76. The third-order valence-electron chi connectivity index (χ3n) is 3.68. The van der Waals surface area contributed by atoms with Gasteiger partial charge in [0.25, 0.3) is 0 Å². The molecule has 0 bridgehead atoms. The maximum absolute atomic E-state index is 9.22. The van der Waals surface area contributed by atoms with Gasteiger partial charge in [0.2, 0.25) is 0 Å². The van der Waals surface area contributed by atoms with Crippen molar-refractivity contribution in [1.82, 2.24) is 15.1 Å². The topological polar surface area (TPSA) is 53.6 Å². The van der Waals surface area contributed by atoms with E-state index in [4.69, 9.17) is 0 Å². The summed E-state index contributed by atoms with van der Waals surface area (Å²) >= 11 is 0. The lowest BCUT2D eigenvalue weighted by Crippen LogP contribution is -2.27. The molecule has 0 aliphatic carbocycles. The second-order valence-electron chi connectivity index (χ2n) is 4.82. The van der Waals surface area contributed by atoms with E-state index in [0.717, 1.165) is 31.6 Å². The van der Waals surface area contributed by atoms with Crippen molar-refractivity contribution in [2.75, 3.05) is 13.1 Å². The van der Waals surface area contributed by atoms with Gasteiger partial charge in [0.1, 0.15) is 6.07 Å². The molecule has 0 saturated carbocycles. The van der Waals surface area contributed by atoms with Crippen LogP contribution in [0.1, 0.15) is 30.0 Å². The Morgan fingerprint density at radius 3 is 2.70 bits per heavy atom. The molecule has 1 aliphatic rings. The van der Waals surface area contributed by atoms with Crippen LogP contribution in [0.3, 0.4) is 0 Å². The smallest absolute Gasteiger partial charge is 0.101 e. The zero-order valence-corrected chi connectivity index (χ0v) is 11.9. The maximum atomic E-state index is 9.22. The first kappa shape index (κ1) is 14.6. The lowest BCUT2D eigenvalue weighted by atomic mass is 9.94. The summed E-state index contributed by atoms with van der Waals surface area (Å²) < 4.78 is 1.93. The Bertz CT molecular complexity index is 608. The molecular weight excluding hydrogens is 272 g/mol. The summed E-state index contributed by atoms with van der Waals surface area (Å²) in [5, 5.41) is 17.0. The van der Waals surface area contributed by atoms with Gasteiger partial charge in [-0.3, -0.25) is 0 Å². The summed E-state index contributed by atoms with van der Waals surface area (Å²) in [5.74, 6) is 0.524.